The highest BCUT2D eigenvalue weighted by Gasteiger charge is 2.17. The van der Waals surface area contributed by atoms with E-state index in [0.29, 0.717) is 5.92 Å². The Morgan fingerprint density at radius 2 is 2.22 bits per heavy atom. The van der Waals surface area contributed by atoms with Gasteiger partial charge in [-0.05, 0) is 37.8 Å². The Kier molecular flexibility index (Phi) is 4.78. The summed E-state index contributed by atoms with van der Waals surface area (Å²) >= 11 is 0. The average Bonchev–Trinajstić information content (AvgIpc) is 2.81. The summed E-state index contributed by atoms with van der Waals surface area (Å²) in [6, 6.07) is 0. The molecule has 102 valence electrons. The monoisotopic (exact) mass is 250 g/mol. The Balaban J connectivity index is 1.77. The van der Waals surface area contributed by atoms with Gasteiger partial charge < -0.3 is 10.3 Å². The molecular formula is C14H26N4. The third-order valence-electron chi connectivity index (χ3n) is 3.82. The van der Waals surface area contributed by atoms with Crippen LogP contribution in [0.3, 0.4) is 0 Å². The molecule has 18 heavy (non-hydrogen) atoms. The topological polar surface area (TPSA) is 47.1 Å². The molecule has 1 atom stereocenters. The molecule has 1 unspecified atom stereocenters. The van der Waals surface area contributed by atoms with Crippen molar-refractivity contribution in [2.45, 2.75) is 39.8 Å². The molecule has 2 N–H and O–H groups in total. The summed E-state index contributed by atoms with van der Waals surface area (Å²) in [5.74, 6) is 2.62. The Bertz CT molecular complexity index is 358. The van der Waals surface area contributed by atoms with Gasteiger partial charge in [-0.15, -0.1) is 0 Å². The first-order valence-corrected chi connectivity index (χ1v) is 7.11. The number of nitrogens with two attached hydrogens (primary N) is 1. The van der Waals surface area contributed by atoms with Crippen molar-refractivity contribution in [2.75, 3.05) is 19.6 Å². The zero-order valence-electron chi connectivity index (χ0n) is 11.7. The van der Waals surface area contributed by atoms with Crippen molar-refractivity contribution in [3.8, 4) is 0 Å². The molecule has 0 fully saturated rings. The van der Waals surface area contributed by atoms with E-state index in [0.717, 1.165) is 38.6 Å². The minimum Gasteiger partial charge on any atom is -0.333 e. The molecule has 0 radical (unpaired) electrons. The molecular weight excluding hydrogens is 224 g/mol. The van der Waals surface area contributed by atoms with Crippen molar-refractivity contribution in [1.82, 2.24) is 14.5 Å². The van der Waals surface area contributed by atoms with Gasteiger partial charge in [-0.3, -0.25) is 4.90 Å². The summed E-state index contributed by atoms with van der Waals surface area (Å²) in [5.41, 5.74) is 5.86. The maximum Gasteiger partial charge on any atom is 0.122 e. The van der Waals surface area contributed by atoms with E-state index >= 15 is 0 Å². The van der Waals surface area contributed by atoms with Crippen LogP contribution in [-0.4, -0.2) is 34.1 Å². The smallest absolute Gasteiger partial charge is 0.122 e. The predicted molar refractivity (Wildman–Crippen MR) is 74.1 cm³/mol. The lowest BCUT2D eigenvalue weighted by Crippen LogP contribution is -2.35. The summed E-state index contributed by atoms with van der Waals surface area (Å²) in [6.45, 7) is 9.74. The Morgan fingerprint density at radius 1 is 1.39 bits per heavy atom. The van der Waals surface area contributed by atoms with E-state index in [1.54, 1.807) is 0 Å². The van der Waals surface area contributed by atoms with E-state index in [-0.39, 0.29) is 0 Å². The molecule has 2 heterocycles. The molecule has 0 saturated heterocycles. The van der Waals surface area contributed by atoms with Crippen molar-refractivity contribution in [2.24, 2.45) is 17.6 Å². The first-order valence-electron chi connectivity index (χ1n) is 7.11. The minimum absolute atomic E-state index is 0.673. The highest BCUT2D eigenvalue weighted by atomic mass is 15.2. The molecule has 1 aromatic heterocycles. The summed E-state index contributed by atoms with van der Waals surface area (Å²) < 4.78 is 2.25. The van der Waals surface area contributed by atoms with Crippen LogP contribution in [0.15, 0.2) is 12.4 Å². The van der Waals surface area contributed by atoms with E-state index in [4.69, 9.17) is 5.73 Å². The van der Waals surface area contributed by atoms with Crippen LogP contribution in [-0.2, 0) is 13.1 Å². The van der Waals surface area contributed by atoms with E-state index in [2.05, 4.69) is 34.5 Å². The molecule has 0 aromatic carbocycles. The van der Waals surface area contributed by atoms with E-state index in [9.17, 15) is 0 Å². The van der Waals surface area contributed by atoms with Crippen LogP contribution in [0, 0.1) is 11.8 Å². The Hall–Kier alpha value is -0.870. The second-order valence-corrected chi connectivity index (χ2v) is 5.83. The molecule has 0 spiro atoms. The van der Waals surface area contributed by atoms with Crippen molar-refractivity contribution < 1.29 is 0 Å². The van der Waals surface area contributed by atoms with Crippen LogP contribution >= 0.6 is 0 Å². The Labute approximate surface area is 110 Å². The molecule has 2 rings (SSSR count). The van der Waals surface area contributed by atoms with Crippen molar-refractivity contribution in [3.63, 3.8) is 0 Å². The van der Waals surface area contributed by atoms with Crippen LogP contribution in [0.4, 0.5) is 0 Å². The highest BCUT2D eigenvalue weighted by Crippen LogP contribution is 2.17. The average molecular weight is 250 g/mol. The summed E-state index contributed by atoms with van der Waals surface area (Å²) in [6.07, 6.45) is 6.45. The lowest BCUT2D eigenvalue weighted by molar-refractivity contribution is 0.197. The van der Waals surface area contributed by atoms with Crippen molar-refractivity contribution in [3.05, 3.63) is 18.2 Å². The summed E-state index contributed by atoms with van der Waals surface area (Å²) in [4.78, 5) is 6.90. The summed E-state index contributed by atoms with van der Waals surface area (Å²) in [7, 11) is 0. The molecule has 0 aliphatic carbocycles. The van der Waals surface area contributed by atoms with Gasteiger partial charge in [0.2, 0.25) is 0 Å². The SMILES string of the molecule is CC(C)CC(CN)CCN1CCn2ccnc2C1. The maximum absolute atomic E-state index is 5.86. The fraction of sp³-hybridized carbons (Fsp3) is 0.786. The first-order chi connectivity index (χ1) is 8.69. The van der Waals surface area contributed by atoms with Crippen LogP contribution < -0.4 is 5.73 Å². The fourth-order valence-corrected chi connectivity index (χ4v) is 2.78. The predicted octanol–water partition coefficient (Wildman–Crippen LogP) is 1.71. The number of fused-ring (bicyclic) bond motifs is 1. The van der Waals surface area contributed by atoms with Gasteiger partial charge in [-0.25, -0.2) is 4.98 Å². The standard InChI is InChI=1S/C14H26N4/c1-12(2)9-13(10-15)3-5-17-7-8-18-6-4-16-14(18)11-17/h4,6,12-13H,3,5,7-11,15H2,1-2H3. The van der Waals surface area contributed by atoms with Gasteiger partial charge in [0.25, 0.3) is 0 Å². The third kappa shape index (κ3) is 3.56. The molecule has 0 bridgehead atoms. The largest absolute Gasteiger partial charge is 0.333 e. The van der Waals surface area contributed by atoms with Gasteiger partial charge in [-0.1, -0.05) is 13.8 Å². The molecule has 0 amide bonds. The minimum atomic E-state index is 0.673. The number of hydrogen-bond acceptors (Lipinski definition) is 3. The molecule has 4 heteroatoms. The zero-order chi connectivity index (χ0) is 13.0. The van der Waals surface area contributed by atoms with Crippen molar-refractivity contribution in [1.29, 1.82) is 0 Å². The fourth-order valence-electron chi connectivity index (χ4n) is 2.78. The van der Waals surface area contributed by atoms with Gasteiger partial charge in [0.05, 0.1) is 6.54 Å². The van der Waals surface area contributed by atoms with Crippen LogP contribution in [0.1, 0.15) is 32.5 Å². The van der Waals surface area contributed by atoms with Crippen LogP contribution in [0.2, 0.25) is 0 Å². The van der Waals surface area contributed by atoms with Gasteiger partial charge in [0, 0.05) is 25.5 Å². The first kappa shape index (κ1) is 13.6. The van der Waals surface area contributed by atoms with Crippen LogP contribution in [0.5, 0.6) is 0 Å². The van der Waals surface area contributed by atoms with Crippen molar-refractivity contribution >= 4 is 0 Å². The lowest BCUT2D eigenvalue weighted by Gasteiger charge is -2.29. The van der Waals surface area contributed by atoms with E-state index in [1.165, 1.54) is 18.7 Å². The van der Waals surface area contributed by atoms with Crippen LogP contribution in [0.25, 0.3) is 0 Å². The number of aromatic nitrogens is 2. The summed E-state index contributed by atoms with van der Waals surface area (Å²) in [5, 5.41) is 0. The maximum atomic E-state index is 5.86. The molecule has 4 nitrogen and oxygen atoms in total. The molecule has 1 aromatic rings. The quantitative estimate of drug-likeness (QED) is 0.836. The highest BCUT2D eigenvalue weighted by molar-refractivity contribution is 4.95. The number of nitrogens with zero attached hydrogens (tertiary/aromatic N) is 3. The molecule has 1 aliphatic rings. The lowest BCUT2D eigenvalue weighted by atomic mass is 9.94. The van der Waals surface area contributed by atoms with Gasteiger partial charge in [0.15, 0.2) is 0 Å². The number of imidazole rings is 1. The number of rotatable bonds is 6. The second kappa shape index (κ2) is 6.34. The second-order valence-electron chi connectivity index (χ2n) is 5.83. The molecule has 1 aliphatic heterocycles. The van der Waals surface area contributed by atoms with E-state index < -0.39 is 0 Å². The van der Waals surface area contributed by atoms with Gasteiger partial charge >= 0.3 is 0 Å². The normalized spacial score (nSPS) is 18.0. The number of hydrogen-bond donors (Lipinski definition) is 1. The van der Waals surface area contributed by atoms with Gasteiger partial charge in [0.1, 0.15) is 5.82 Å². The van der Waals surface area contributed by atoms with E-state index in [1.807, 2.05) is 6.20 Å². The third-order valence-corrected chi connectivity index (χ3v) is 3.82. The van der Waals surface area contributed by atoms with Gasteiger partial charge in [-0.2, -0.15) is 0 Å². The zero-order valence-corrected chi connectivity index (χ0v) is 11.7. The molecule has 0 saturated carbocycles. The Morgan fingerprint density at radius 3 is 2.94 bits per heavy atom.